The molecular formula is C17H13F6N4O3S. The molecule has 31 heavy (non-hydrogen) atoms. The van der Waals surface area contributed by atoms with Gasteiger partial charge in [-0.25, -0.2) is 18.4 Å². The average Bonchev–Trinajstić information content (AvgIpc) is 2.65. The largest absolute Gasteiger partial charge is 0.416 e. The van der Waals surface area contributed by atoms with Crippen molar-refractivity contribution in [3.8, 4) is 0 Å². The first kappa shape index (κ1) is 22.9. The number of carbonyl (C=O) groups is 1. The molecule has 3 rings (SSSR count). The molecule has 167 valence electrons. The van der Waals surface area contributed by atoms with Gasteiger partial charge >= 0.3 is 12.4 Å². The number of hydrogen-bond donors (Lipinski definition) is 1. The van der Waals surface area contributed by atoms with E-state index in [0.717, 1.165) is 4.31 Å². The molecule has 0 unspecified atom stereocenters. The van der Waals surface area contributed by atoms with Gasteiger partial charge in [0.05, 0.1) is 35.3 Å². The molecule has 0 saturated carbocycles. The van der Waals surface area contributed by atoms with E-state index in [2.05, 4.69) is 16.2 Å². The summed E-state index contributed by atoms with van der Waals surface area (Å²) in [4.78, 5) is 18.7. The van der Waals surface area contributed by atoms with E-state index in [0.29, 0.717) is 17.7 Å². The Balaban J connectivity index is 1.92. The molecule has 14 heteroatoms. The van der Waals surface area contributed by atoms with Crippen LogP contribution in [-0.4, -0.2) is 35.1 Å². The van der Waals surface area contributed by atoms with Crippen molar-refractivity contribution in [1.82, 2.24) is 14.3 Å². The molecule has 1 aliphatic heterocycles. The van der Waals surface area contributed by atoms with Crippen LogP contribution in [0.3, 0.4) is 0 Å². The number of benzene rings is 1. The lowest BCUT2D eigenvalue weighted by molar-refractivity contribution is -0.143. The summed E-state index contributed by atoms with van der Waals surface area (Å²) in [5, 5.41) is 0. The molecule has 1 aromatic carbocycles. The fourth-order valence-electron chi connectivity index (χ4n) is 2.97. The van der Waals surface area contributed by atoms with Crippen LogP contribution in [0.2, 0.25) is 0 Å². The first-order chi connectivity index (χ1) is 14.2. The highest BCUT2D eigenvalue weighted by molar-refractivity contribution is 7.88. The van der Waals surface area contributed by atoms with Crippen LogP contribution in [0.4, 0.5) is 26.3 Å². The predicted octanol–water partition coefficient (Wildman–Crippen LogP) is 2.30. The molecule has 0 aliphatic carbocycles. The van der Waals surface area contributed by atoms with Gasteiger partial charge in [-0.3, -0.25) is 4.79 Å². The van der Waals surface area contributed by atoms with Crippen molar-refractivity contribution in [2.45, 2.75) is 31.1 Å². The Kier molecular flexibility index (Phi) is 5.73. The van der Waals surface area contributed by atoms with Crippen LogP contribution < -0.4 is 5.73 Å². The number of amides is 1. The van der Waals surface area contributed by atoms with Crippen LogP contribution >= 0.6 is 0 Å². The number of rotatable bonds is 4. The third kappa shape index (κ3) is 5.12. The van der Waals surface area contributed by atoms with Crippen LogP contribution in [0.25, 0.3) is 0 Å². The summed E-state index contributed by atoms with van der Waals surface area (Å²) in [5.74, 6) is -2.46. The molecule has 0 atom stereocenters. The van der Waals surface area contributed by atoms with Crippen molar-refractivity contribution in [2.24, 2.45) is 5.73 Å². The van der Waals surface area contributed by atoms with E-state index in [1.165, 1.54) is 0 Å². The number of aromatic nitrogens is 2. The second kappa shape index (κ2) is 7.75. The van der Waals surface area contributed by atoms with Crippen LogP contribution in [0.1, 0.15) is 38.6 Å². The van der Waals surface area contributed by atoms with Gasteiger partial charge in [0.15, 0.2) is 0 Å². The number of hydrogen-bond acceptors (Lipinski definition) is 5. The first-order valence-corrected chi connectivity index (χ1v) is 10.1. The number of alkyl halides is 6. The van der Waals surface area contributed by atoms with Crippen molar-refractivity contribution < 1.29 is 39.6 Å². The van der Waals surface area contributed by atoms with Crippen LogP contribution in [0, 0.1) is 6.20 Å². The molecule has 1 aliphatic rings. The zero-order valence-electron chi connectivity index (χ0n) is 15.4. The van der Waals surface area contributed by atoms with Gasteiger partial charge in [0.2, 0.25) is 15.8 Å². The van der Waals surface area contributed by atoms with Crippen LogP contribution in [0.15, 0.2) is 18.2 Å². The molecule has 2 aromatic rings. The highest BCUT2D eigenvalue weighted by Gasteiger charge is 2.38. The minimum absolute atomic E-state index is 0.0780. The molecule has 1 aromatic heterocycles. The van der Waals surface area contributed by atoms with E-state index in [9.17, 15) is 39.6 Å². The van der Waals surface area contributed by atoms with Gasteiger partial charge in [0.1, 0.15) is 0 Å². The predicted molar refractivity (Wildman–Crippen MR) is 92.6 cm³/mol. The maximum absolute atomic E-state index is 13.0. The van der Waals surface area contributed by atoms with Crippen LogP contribution in [0.5, 0.6) is 0 Å². The van der Waals surface area contributed by atoms with E-state index < -0.39 is 56.6 Å². The van der Waals surface area contributed by atoms with Crippen molar-refractivity contribution in [3.63, 3.8) is 0 Å². The molecule has 1 radical (unpaired) electrons. The lowest BCUT2D eigenvalue weighted by atomic mass is 10.1. The summed E-state index contributed by atoms with van der Waals surface area (Å²) >= 11 is 0. The van der Waals surface area contributed by atoms with Gasteiger partial charge in [0.25, 0.3) is 5.91 Å². The molecule has 0 fully saturated rings. The van der Waals surface area contributed by atoms with Crippen molar-refractivity contribution in [2.75, 3.05) is 6.54 Å². The van der Waals surface area contributed by atoms with Crippen molar-refractivity contribution in [1.29, 1.82) is 0 Å². The smallest absolute Gasteiger partial charge is 0.363 e. The summed E-state index contributed by atoms with van der Waals surface area (Å²) in [6.45, 7) is -0.474. The Morgan fingerprint density at radius 2 is 1.68 bits per heavy atom. The normalized spacial score (nSPS) is 15.5. The Bertz CT molecular complexity index is 1100. The number of halogens is 6. The van der Waals surface area contributed by atoms with Gasteiger partial charge in [-0.1, -0.05) is 0 Å². The number of nitrogens with two attached hydrogens (primary N) is 1. The lowest BCUT2D eigenvalue weighted by Crippen LogP contribution is -2.38. The summed E-state index contributed by atoms with van der Waals surface area (Å²) in [5.41, 5.74) is 1.74. The average molecular weight is 467 g/mol. The minimum Gasteiger partial charge on any atom is -0.363 e. The monoisotopic (exact) mass is 467 g/mol. The SMILES string of the molecule is NC(=O)c1n[c]c2c(n1)CN(S(=O)(=O)Cc1cc(C(F)(F)F)cc(C(F)(F)F)c1)CC2. The van der Waals surface area contributed by atoms with E-state index >= 15 is 0 Å². The highest BCUT2D eigenvalue weighted by Crippen LogP contribution is 2.37. The highest BCUT2D eigenvalue weighted by atomic mass is 32.2. The summed E-state index contributed by atoms with van der Waals surface area (Å²) in [7, 11) is -4.33. The third-order valence-electron chi connectivity index (χ3n) is 4.43. The van der Waals surface area contributed by atoms with E-state index in [4.69, 9.17) is 5.73 Å². The van der Waals surface area contributed by atoms with Gasteiger partial charge < -0.3 is 5.73 Å². The molecule has 0 spiro atoms. The van der Waals surface area contributed by atoms with Crippen molar-refractivity contribution >= 4 is 15.9 Å². The van der Waals surface area contributed by atoms with Gasteiger partial charge in [-0.05, 0) is 30.2 Å². The number of nitrogens with zero attached hydrogens (tertiary/aromatic N) is 3. The molecule has 7 nitrogen and oxygen atoms in total. The van der Waals surface area contributed by atoms with E-state index in [1.54, 1.807) is 0 Å². The molecule has 0 saturated heterocycles. The number of carbonyl (C=O) groups excluding carboxylic acids is 1. The number of fused-ring (bicyclic) bond motifs is 1. The Morgan fingerprint density at radius 3 is 2.19 bits per heavy atom. The number of sulfonamides is 1. The molecular weight excluding hydrogens is 454 g/mol. The van der Waals surface area contributed by atoms with Crippen LogP contribution in [-0.2, 0) is 41.1 Å². The molecule has 0 bridgehead atoms. The lowest BCUT2D eigenvalue weighted by Gasteiger charge is -2.27. The minimum atomic E-state index is -5.10. The third-order valence-corrected chi connectivity index (χ3v) is 6.23. The van der Waals surface area contributed by atoms with Gasteiger partial charge in [0, 0.05) is 12.1 Å². The Morgan fingerprint density at radius 1 is 1.10 bits per heavy atom. The van der Waals surface area contributed by atoms with Gasteiger partial charge in [-0.2, -0.15) is 30.6 Å². The zero-order chi connectivity index (χ0) is 23.2. The van der Waals surface area contributed by atoms with E-state index in [1.807, 2.05) is 0 Å². The quantitative estimate of drug-likeness (QED) is 0.695. The summed E-state index contributed by atoms with van der Waals surface area (Å²) < 4.78 is 104. The molecule has 2 heterocycles. The first-order valence-electron chi connectivity index (χ1n) is 8.50. The second-order valence-electron chi connectivity index (χ2n) is 6.70. The fraction of sp³-hybridized carbons (Fsp3) is 0.353. The molecule has 1 amide bonds. The summed E-state index contributed by atoms with van der Waals surface area (Å²) in [6.07, 6.45) is -7.58. The fourth-order valence-corrected chi connectivity index (χ4v) is 4.43. The second-order valence-corrected chi connectivity index (χ2v) is 8.67. The maximum atomic E-state index is 13.0. The summed E-state index contributed by atoms with van der Waals surface area (Å²) in [6, 6.07) is 0.656. The number of primary amides is 1. The zero-order valence-corrected chi connectivity index (χ0v) is 16.2. The van der Waals surface area contributed by atoms with E-state index in [-0.39, 0.29) is 31.3 Å². The van der Waals surface area contributed by atoms with Crippen molar-refractivity contribution in [3.05, 3.63) is 58.2 Å². The Hall–Kier alpha value is -2.74. The Labute approximate surface area is 171 Å². The topological polar surface area (TPSA) is 106 Å². The van der Waals surface area contributed by atoms with Gasteiger partial charge in [-0.15, -0.1) is 0 Å². The maximum Gasteiger partial charge on any atom is 0.416 e. The standard InChI is InChI=1S/C17H13F6N4O3S/c18-16(19,20)11-3-9(4-12(5-11)17(21,22)23)8-31(29,30)27-2-1-10-6-25-15(14(24)28)26-13(10)7-27/h3-5H,1-2,7-8H2,(H2,24,28). The molecule has 2 N–H and O–H groups in total.